The van der Waals surface area contributed by atoms with Crippen molar-refractivity contribution in [2.75, 3.05) is 0 Å². The maximum absolute atomic E-state index is 12.2. The van der Waals surface area contributed by atoms with Gasteiger partial charge in [0.25, 0.3) is 20.2 Å². The third kappa shape index (κ3) is 4.93. The summed E-state index contributed by atoms with van der Waals surface area (Å²) >= 11 is 0. The zero-order chi connectivity index (χ0) is 19.5. The average Bonchev–Trinajstić information content (AvgIpc) is 2.58. The molecule has 0 atom stereocenters. The standard InChI is InChI=1S/C14H10O8S4/c15-13(9-5-1-3-7-11(9)25(17,18)19)23-24-14(16)10-6-2-4-8-12(10)26(20,21)22/h1-8H,(H,17,18,19)(H,20,21,22). The molecule has 2 aromatic carbocycles. The zero-order valence-electron chi connectivity index (χ0n) is 12.6. The molecule has 8 nitrogen and oxygen atoms in total. The lowest BCUT2D eigenvalue weighted by molar-refractivity contribution is 0.107. The zero-order valence-corrected chi connectivity index (χ0v) is 15.9. The summed E-state index contributed by atoms with van der Waals surface area (Å²) in [4.78, 5) is 23.1. The maximum Gasteiger partial charge on any atom is 0.295 e. The van der Waals surface area contributed by atoms with Gasteiger partial charge < -0.3 is 0 Å². The first-order valence-electron chi connectivity index (χ1n) is 6.58. The topological polar surface area (TPSA) is 143 Å². The van der Waals surface area contributed by atoms with E-state index in [1.54, 1.807) is 0 Å². The predicted molar refractivity (Wildman–Crippen MR) is 96.4 cm³/mol. The van der Waals surface area contributed by atoms with Crippen LogP contribution in [0.15, 0.2) is 58.3 Å². The molecular formula is C14H10O8S4. The molecule has 0 saturated heterocycles. The van der Waals surface area contributed by atoms with Crippen LogP contribution in [0.5, 0.6) is 0 Å². The molecule has 2 N–H and O–H groups in total. The first kappa shape index (κ1) is 20.6. The molecule has 0 heterocycles. The van der Waals surface area contributed by atoms with Gasteiger partial charge in [-0.1, -0.05) is 24.3 Å². The van der Waals surface area contributed by atoms with E-state index in [0.717, 1.165) is 24.3 Å². The van der Waals surface area contributed by atoms with E-state index in [-0.39, 0.29) is 11.1 Å². The third-order valence-corrected chi connectivity index (χ3v) is 6.77. The smallest absolute Gasteiger partial charge is 0.282 e. The van der Waals surface area contributed by atoms with Crippen LogP contribution in [0.1, 0.15) is 20.7 Å². The van der Waals surface area contributed by atoms with Gasteiger partial charge >= 0.3 is 0 Å². The van der Waals surface area contributed by atoms with Crippen molar-refractivity contribution in [3.8, 4) is 0 Å². The van der Waals surface area contributed by atoms with Gasteiger partial charge in [0.05, 0.1) is 11.1 Å². The summed E-state index contributed by atoms with van der Waals surface area (Å²) in [7, 11) is -8.56. The van der Waals surface area contributed by atoms with E-state index in [4.69, 9.17) is 9.11 Å². The fraction of sp³-hybridized carbons (Fsp3) is 0. The van der Waals surface area contributed by atoms with Crippen LogP contribution in [0.2, 0.25) is 0 Å². The summed E-state index contributed by atoms with van der Waals surface area (Å²) in [5.41, 5.74) is -0.660. The number of benzene rings is 2. The Bertz CT molecular complexity index is 986. The quantitative estimate of drug-likeness (QED) is 0.544. The second kappa shape index (κ2) is 7.90. The summed E-state index contributed by atoms with van der Waals surface area (Å²) < 4.78 is 63.5. The number of rotatable bonds is 4. The van der Waals surface area contributed by atoms with Gasteiger partial charge in [-0.25, -0.2) is 0 Å². The normalized spacial score (nSPS) is 11.9. The highest BCUT2D eigenvalue weighted by molar-refractivity contribution is 8.87. The average molecular weight is 434 g/mol. The van der Waals surface area contributed by atoms with Crippen molar-refractivity contribution in [3.05, 3.63) is 59.7 Å². The van der Waals surface area contributed by atoms with Crippen LogP contribution in [-0.2, 0) is 20.2 Å². The Kier molecular flexibility index (Phi) is 6.26. The minimum atomic E-state index is -4.64. The van der Waals surface area contributed by atoms with Crippen LogP contribution < -0.4 is 0 Å². The van der Waals surface area contributed by atoms with Gasteiger partial charge in [-0.2, -0.15) is 16.8 Å². The molecule has 0 bridgehead atoms. The van der Waals surface area contributed by atoms with Crippen molar-refractivity contribution in [1.82, 2.24) is 0 Å². The van der Waals surface area contributed by atoms with Crippen LogP contribution in [0.3, 0.4) is 0 Å². The van der Waals surface area contributed by atoms with E-state index in [0.29, 0.717) is 21.6 Å². The lowest BCUT2D eigenvalue weighted by atomic mass is 10.2. The Morgan fingerprint density at radius 1 is 0.654 bits per heavy atom. The second-order valence-corrected chi connectivity index (χ2v) is 9.54. The molecule has 0 amide bonds. The number of carbonyl (C=O) groups excluding carboxylic acids is 2. The van der Waals surface area contributed by atoms with Gasteiger partial charge in [0.15, 0.2) is 0 Å². The maximum atomic E-state index is 12.2. The Labute approximate surface area is 156 Å². The highest BCUT2D eigenvalue weighted by atomic mass is 33.1. The van der Waals surface area contributed by atoms with Gasteiger partial charge in [-0.05, 0) is 45.9 Å². The first-order valence-corrected chi connectivity index (χ1v) is 11.6. The fourth-order valence-electron chi connectivity index (χ4n) is 1.89. The molecular weight excluding hydrogens is 424 g/mol. The Balaban J connectivity index is 2.24. The summed E-state index contributed by atoms with van der Waals surface area (Å²) in [6.07, 6.45) is 0. The number of hydrogen-bond acceptors (Lipinski definition) is 8. The molecule has 0 spiro atoms. The van der Waals surface area contributed by atoms with Gasteiger partial charge in [-0.3, -0.25) is 18.7 Å². The van der Waals surface area contributed by atoms with Gasteiger partial charge in [-0.15, -0.1) is 0 Å². The fourth-order valence-corrected chi connectivity index (χ4v) is 5.07. The minimum absolute atomic E-state index is 0.330. The molecule has 12 heteroatoms. The van der Waals surface area contributed by atoms with Crippen molar-refractivity contribution in [2.24, 2.45) is 0 Å². The van der Waals surface area contributed by atoms with E-state index < -0.39 is 40.3 Å². The lowest BCUT2D eigenvalue weighted by Crippen LogP contribution is -2.07. The molecule has 0 aliphatic rings. The molecule has 26 heavy (non-hydrogen) atoms. The van der Waals surface area contributed by atoms with Gasteiger partial charge in [0, 0.05) is 0 Å². The van der Waals surface area contributed by atoms with Crippen LogP contribution in [0.25, 0.3) is 0 Å². The molecule has 0 saturated carbocycles. The highest BCUT2D eigenvalue weighted by Gasteiger charge is 2.24. The summed E-state index contributed by atoms with van der Waals surface area (Å²) in [5.74, 6) is 0. The van der Waals surface area contributed by atoms with Crippen LogP contribution >= 0.6 is 21.6 Å². The van der Waals surface area contributed by atoms with Crippen molar-refractivity contribution in [3.63, 3.8) is 0 Å². The summed E-state index contributed by atoms with van der Waals surface area (Å²) in [6.45, 7) is 0. The molecule has 138 valence electrons. The SMILES string of the molecule is O=C(SSC(=O)c1ccccc1S(=O)(=O)O)c1ccccc1S(=O)(=O)O. The lowest BCUT2D eigenvalue weighted by Gasteiger charge is -2.06. The predicted octanol–water partition coefficient (Wildman–Crippen LogP) is 2.54. The van der Waals surface area contributed by atoms with Crippen molar-refractivity contribution < 1.29 is 35.5 Å². The Hall–Kier alpha value is -1.70. The molecule has 0 radical (unpaired) electrons. The first-order chi connectivity index (χ1) is 12.0. The van der Waals surface area contributed by atoms with E-state index in [1.807, 2.05) is 0 Å². The number of carbonyl (C=O) groups is 2. The second-order valence-electron chi connectivity index (χ2n) is 4.68. The largest absolute Gasteiger partial charge is 0.295 e. The Morgan fingerprint density at radius 3 is 1.27 bits per heavy atom. The number of hydrogen-bond donors (Lipinski definition) is 2. The van der Waals surface area contributed by atoms with E-state index in [9.17, 15) is 26.4 Å². The highest BCUT2D eigenvalue weighted by Crippen LogP contribution is 2.33. The van der Waals surface area contributed by atoms with Gasteiger partial charge in [0.2, 0.25) is 10.2 Å². The Morgan fingerprint density at radius 2 is 0.962 bits per heavy atom. The molecule has 0 aliphatic carbocycles. The van der Waals surface area contributed by atoms with Crippen LogP contribution in [-0.4, -0.2) is 36.2 Å². The van der Waals surface area contributed by atoms with Crippen LogP contribution in [0.4, 0.5) is 0 Å². The molecule has 0 unspecified atom stereocenters. The van der Waals surface area contributed by atoms with E-state index in [1.165, 1.54) is 24.3 Å². The van der Waals surface area contributed by atoms with Crippen molar-refractivity contribution >= 4 is 52.1 Å². The third-order valence-electron chi connectivity index (χ3n) is 2.96. The van der Waals surface area contributed by atoms with Crippen molar-refractivity contribution in [2.45, 2.75) is 9.79 Å². The van der Waals surface area contributed by atoms with E-state index >= 15 is 0 Å². The molecule has 0 aliphatic heterocycles. The molecule has 2 aromatic rings. The van der Waals surface area contributed by atoms with Gasteiger partial charge in [0.1, 0.15) is 9.79 Å². The molecule has 2 rings (SSSR count). The van der Waals surface area contributed by atoms with E-state index in [2.05, 4.69) is 0 Å². The summed E-state index contributed by atoms with van der Waals surface area (Å²) in [5, 5.41) is -1.66. The minimum Gasteiger partial charge on any atom is -0.282 e. The van der Waals surface area contributed by atoms with Crippen LogP contribution in [0, 0.1) is 0 Å². The van der Waals surface area contributed by atoms with Crippen molar-refractivity contribution in [1.29, 1.82) is 0 Å². The summed E-state index contributed by atoms with van der Waals surface area (Å²) in [6, 6.07) is 9.76. The monoisotopic (exact) mass is 434 g/mol. The molecule has 0 fully saturated rings. The molecule has 0 aromatic heterocycles.